The molecule has 1 aromatic carbocycles. The standard InChI is InChI=1S/C25H27NO6/c27-23(28)10-2-1-5-13-30-20-8-4-3-7-18(20)16-26-25(29)22-15-19(21-9-6-14-31-21)24(32-22)17-11-12-17/h3-4,6-9,14-15,17H,1-2,5,10-13,16H2,(H,26,29)(H,27,28). The summed E-state index contributed by atoms with van der Waals surface area (Å²) in [6.45, 7) is 0.809. The van der Waals surface area contributed by atoms with E-state index in [0.717, 1.165) is 42.6 Å². The zero-order valence-electron chi connectivity index (χ0n) is 17.8. The molecule has 7 nitrogen and oxygen atoms in total. The molecule has 2 N–H and O–H groups in total. The first-order valence-electron chi connectivity index (χ1n) is 11.0. The highest BCUT2D eigenvalue weighted by molar-refractivity contribution is 5.93. The van der Waals surface area contributed by atoms with Gasteiger partial charge in [0.15, 0.2) is 5.76 Å². The van der Waals surface area contributed by atoms with Gasteiger partial charge in [0.2, 0.25) is 0 Å². The van der Waals surface area contributed by atoms with E-state index in [-0.39, 0.29) is 18.1 Å². The van der Waals surface area contributed by atoms with Gasteiger partial charge in [-0.15, -0.1) is 0 Å². The molecule has 1 amide bonds. The van der Waals surface area contributed by atoms with Gasteiger partial charge in [-0.2, -0.15) is 0 Å². The van der Waals surface area contributed by atoms with Crippen LogP contribution < -0.4 is 10.1 Å². The lowest BCUT2D eigenvalue weighted by Crippen LogP contribution is -2.22. The van der Waals surface area contributed by atoms with Crippen LogP contribution in [0.5, 0.6) is 5.75 Å². The van der Waals surface area contributed by atoms with Crippen LogP contribution in [0.2, 0.25) is 0 Å². The van der Waals surface area contributed by atoms with Crippen molar-refractivity contribution in [1.29, 1.82) is 0 Å². The molecule has 0 unspecified atom stereocenters. The summed E-state index contributed by atoms with van der Waals surface area (Å²) in [4.78, 5) is 23.3. The number of rotatable bonds is 12. The molecule has 2 aromatic heterocycles. The SMILES string of the molecule is O=C(O)CCCCCOc1ccccc1CNC(=O)c1cc(-c2ccco2)c(C2CC2)o1. The second kappa shape index (κ2) is 10.2. The van der Waals surface area contributed by atoms with Crippen molar-refractivity contribution in [3.8, 4) is 17.1 Å². The van der Waals surface area contributed by atoms with Crippen molar-refractivity contribution < 1.29 is 28.3 Å². The van der Waals surface area contributed by atoms with Gasteiger partial charge in [0.25, 0.3) is 5.91 Å². The number of hydrogen-bond acceptors (Lipinski definition) is 5. The molecular weight excluding hydrogens is 410 g/mol. The highest BCUT2D eigenvalue weighted by Crippen LogP contribution is 2.46. The molecule has 0 spiro atoms. The van der Waals surface area contributed by atoms with Gasteiger partial charge < -0.3 is 24.0 Å². The maximum absolute atomic E-state index is 12.8. The summed E-state index contributed by atoms with van der Waals surface area (Å²) in [7, 11) is 0. The van der Waals surface area contributed by atoms with Gasteiger partial charge in [-0.05, 0) is 50.3 Å². The number of carboxylic acid groups (broad SMARTS) is 1. The number of carbonyl (C=O) groups excluding carboxylic acids is 1. The largest absolute Gasteiger partial charge is 0.493 e. The van der Waals surface area contributed by atoms with Gasteiger partial charge in [0, 0.05) is 30.5 Å². The lowest BCUT2D eigenvalue weighted by molar-refractivity contribution is -0.137. The number of carbonyl (C=O) groups is 2. The molecule has 1 fully saturated rings. The fraction of sp³-hybridized carbons (Fsp3) is 0.360. The van der Waals surface area contributed by atoms with E-state index in [2.05, 4.69) is 5.32 Å². The molecule has 3 aromatic rings. The first-order chi connectivity index (χ1) is 15.6. The maximum Gasteiger partial charge on any atom is 0.303 e. The Morgan fingerprint density at radius 2 is 1.94 bits per heavy atom. The summed E-state index contributed by atoms with van der Waals surface area (Å²) in [6, 6.07) is 13.0. The van der Waals surface area contributed by atoms with Gasteiger partial charge in [-0.1, -0.05) is 18.2 Å². The van der Waals surface area contributed by atoms with Crippen molar-refractivity contribution in [3.63, 3.8) is 0 Å². The van der Waals surface area contributed by atoms with Gasteiger partial charge in [-0.3, -0.25) is 9.59 Å². The Kier molecular flexibility index (Phi) is 6.94. The normalized spacial score (nSPS) is 13.1. The highest BCUT2D eigenvalue weighted by Gasteiger charge is 2.32. The highest BCUT2D eigenvalue weighted by atomic mass is 16.5. The Hall–Kier alpha value is -3.48. The molecule has 7 heteroatoms. The molecule has 1 saturated carbocycles. The van der Waals surface area contributed by atoms with E-state index < -0.39 is 5.97 Å². The summed E-state index contributed by atoms with van der Waals surface area (Å²) in [5.41, 5.74) is 1.71. The number of para-hydroxylation sites is 1. The van der Waals surface area contributed by atoms with Gasteiger partial charge in [-0.25, -0.2) is 0 Å². The van der Waals surface area contributed by atoms with E-state index in [1.54, 1.807) is 12.3 Å². The first kappa shape index (κ1) is 21.7. The smallest absolute Gasteiger partial charge is 0.303 e. The molecule has 1 aliphatic carbocycles. The molecule has 32 heavy (non-hydrogen) atoms. The molecular formula is C25H27NO6. The van der Waals surface area contributed by atoms with Crippen molar-refractivity contribution in [3.05, 3.63) is 65.8 Å². The number of amides is 1. The van der Waals surface area contributed by atoms with Crippen molar-refractivity contribution in [1.82, 2.24) is 5.32 Å². The zero-order chi connectivity index (χ0) is 22.3. The van der Waals surface area contributed by atoms with E-state index in [4.69, 9.17) is 18.7 Å². The fourth-order valence-electron chi connectivity index (χ4n) is 3.58. The van der Waals surface area contributed by atoms with Crippen LogP contribution in [0.15, 0.2) is 57.6 Å². The minimum absolute atomic E-state index is 0.180. The van der Waals surface area contributed by atoms with Crippen LogP contribution in [0.4, 0.5) is 0 Å². The summed E-state index contributed by atoms with van der Waals surface area (Å²) in [5, 5.41) is 11.6. The average Bonchev–Trinajstić information content (AvgIpc) is 3.30. The third-order valence-corrected chi connectivity index (χ3v) is 5.42. The van der Waals surface area contributed by atoms with Crippen molar-refractivity contribution in [2.24, 2.45) is 0 Å². The van der Waals surface area contributed by atoms with Gasteiger partial charge in [0.05, 0.1) is 18.4 Å². The predicted octanol–water partition coefficient (Wildman–Crippen LogP) is 5.37. The molecule has 168 valence electrons. The maximum atomic E-state index is 12.8. The fourth-order valence-corrected chi connectivity index (χ4v) is 3.58. The van der Waals surface area contributed by atoms with Gasteiger partial charge >= 0.3 is 5.97 Å². The van der Waals surface area contributed by atoms with Crippen LogP contribution in [-0.2, 0) is 11.3 Å². The number of hydrogen-bond donors (Lipinski definition) is 2. The second-order valence-electron chi connectivity index (χ2n) is 7.98. The van der Waals surface area contributed by atoms with Crippen LogP contribution in [-0.4, -0.2) is 23.6 Å². The Balaban J connectivity index is 1.34. The third kappa shape index (κ3) is 5.60. The number of furan rings is 2. The van der Waals surface area contributed by atoms with E-state index >= 15 is 0 Å². The van der Waals surface area contributed by atoms with Crippen LogP contribution in [0.25, 0.3) is 11.3 Å². The van der Waals surface area contributed by atoms with Crippen LogP contribution in [0.1, 0.15) is 66.3 Å². The molecule has 0 atom stereocenters. The van der Waals surface area contributed by atoms with Gasteiger partial charge in [0.1, 0.15) is 17.3 Å². The Morgan fingerprint density at radius 1 is 1.09 bits per heavy atom. The number of nitrogens with one attached hydrogen (secondary N) is 1. The van der Waals surface area contributed by atoms with E-state index in [1.807, 2.05) is 36.4 Å². The Bertz CT molecular complexity index is 1050. The number of benzene rings is 1. The summed E-state index contributed by atoms with van der Waals surface area (Å²) in [6.07, 6.45) is 6.13. The lowest BCUT2D eigenvalue weighted by atomic mass is 10.1. The summed E-state index contributed by atoms with van der Waals surface area (Å²) >= 11 is 0. The van der Waals surface area contributed by atoms with Crippen molar-refractivity contribution in [2.75, 3.05) is 6.61 Å². The third-order valence-electron chi connectivity index (χ3n) is 5.42. The number of ether oxygens (including phenoxy) is 1. The lowest BCUT2D eigenvalue weighted by Gasteiger charge is -2.12. The topological polar surface area (TPSA) is 102 Å². The zero-order valence-corrected chi connectivity index (χ0v) is 17.8. The van der Waals surface area contributed by atoms with Crippen molar-refractivity contribution in [2.45, 2.75) is 51.0 Å². The number of carboxylic acids is 1. The monoisotopic (exact) mass is 437 g/mol. The van der Waals surface area contributed by atoms with Crippen LogP contribution in [0.3, 0.4) is 0 Å². The summed E-state index contributed by atoms with van der Waals surface area (Å²) < 4.78 is 17.3. The van der Waals surface area contributed by atoms with E-state index in [1.165, 1.54) is 0 Å². The molecule has 0 saturated heterocycles. The molecule has 0 radical (unpaired) electrons. The second-order valence-corrected chi connectivity index (χ2v) is 7.98. The average molecular weight is 437 g/mol. The quantitative estimate of drug-likeness (QED) is 0.369. The molecule has 4 rings (SSSR count). The predicted molar refractivity (Wildman–Crippen MR) is 118 cm³/mol. The Morgan fingerprint density at radius 3 is 2.69 bits per heavy atom. The molecule has 0 aliphatic heterocycles. The van der Waals surface area contributed by atoms with Crippen LogP contribution >= 0.6 is 0 Å². The van der Waals surface area contributed by atoms with E-state index in [9.17, 15) is 9.59 Å². The number of aliphatic carboxylic acids is 1. The number of unbranched alkanes of at least 4 members (excludes halogenated alkanes) is 2. The minimum atomic E-state index is -0.774. The molecule has 2 heterocycles. The van der Waals surface area contributed by atoms with E-state index in [0.29, 0.717) is 37.0 Å². The van der Waals surface area contributed by atoms with Crippen molar-refractivity contribution >= 4 is 11.9 Å². The molecule has 1 aliphatic rings. The summed E-state index contributed by atoms with van der Waals surface area (Å²) in [5.74, 6) is 1.79. The molecule has 0 bridgehead atoms. The first-order valence-corrected chi connectivity index (χ1v) is 11.0. The van der Waals surface area contributed by atoms with Crippen LogP contribution in [0, 0.1) is 0 Å². The minimum Gasteiger partial charge on any atom is -0.493 e. The Labute approximate surface area is 186 Å².